The Morgan fingerprint density at radius 1 is 1.06 bits per heavy atom. The van der Waals surface area contributed by atoms with E-state index in [1.165, 1.54) is 6.42 Å². The molecule has 0 saturated heterocycles. The number of aliphatic carboxylic acids is 1. The van der Waals surface area contributed by atoms with Crippen LogP contribution >= 0.6 is 0 Å². The van der Waals surface area contributed by atoms with Gasteiger partial charge in [-0.3, -0.25) is 4.79 Å². The molecule has 192 valence electrons. The van der Waals surface area contributed by atoms with E-state index in [4.69, 9.17) is 0 Å². The number of fused-ring (bicyclic) bond motifs is 5. The van der Waals surface area contributed by atoms with Crippen molar-refractivity contribution < 1.29 is 25.2 Å². The highest BCUT2D eigenvalue weighted by atomic mass is 16.4. The van der Waals surface area contributed by atoms with Gasteiger partial charge in [-0.15, -0.1) is 0 Å². The Bertz CT molecular complexity index is 851. The summed E-state index contributed by atoms with van der Waals surface area (Å²) in [5.41, 5.74) is -0.382. The topological polar surface area (TPSA) is 98.0 Å². The summed E-state index contributed by atoms with van der Waals surface area (Å²) < 4.78 is 0. The van der Waals surface area contributed by atoms with Crippen LogP contribution in [-0.4, -0.2) is 44.7 Å². The molecule has 0 aromatic carbocycles. The van der Waals surface area contributed by atoms with E-state index in [0.717, 1.165) is 24.8 Å². The summed E-state index contributed by atoms with van der Waals surface area (Å²) >= 11 is 0. The fourth-order valence-corrected chi connectivity index (χ4v) is 9.88. The molecule has 0 bridgehead atoms. The summed E-state index contributed by atoms with van der Waals surface area (Å²) in [5.74, 6) is 2.33. The number of aliphatic hydroxyl groups is 3. The largest absolute Gasteiger partial charge is 0.481 e. The molecule has 4 N–H and O–H groups in total. The van der Waals surface area contributed by atoms with Gasteiger partial charge in [-0.2, -0.15) is 0 Å². The molecule has 13 unspecified atom stereocenters. The van der Waals surface area contributed by atoms with Gasteiger partial charge in [-0.1, -0.05) is 46.3 Å². The molecule has 0 aliphatic heterocycles. The number of carbonyl (C=O) groups is 1. The Balaban J connectivity index is 1.46. The number of hydrogen-bond donors (Lipinski definition) is 4. The summed E-state index contributed by atoms with van der Waals surface area (Å²) in [6.45, 7) is 11.3. The first kappa shape index (κ1) is 24.8. The Hall–Kier alpha value is -0.910. The van der Waals surface area contributed by atoms with Gasteiger partial charge in [0.2, 0.25) is 0 Å². The minimum Gasteiger partial charge on any atom is -0.481 e. The van der Waals surface area contributed by atoms with Gasteiger partial charge in [0.05, 0.1) is 23.7 Å². The van der Waals surface area contributed by atoms with Crippen molar-refractivity contribution >= 4 is 5.97 Å². The van der Waals surface area contributed by atoms with Gasteiger partial charge in [-0.05, 0) is 91.8 Å². The molecule has 0 heterocycles. The molecule has 4 saturated carbocycles. The zero-order chi connectivity index (χ0) is 24.7. The lowest BCUT2D eigenvalue weighted by Crippen LogP contribution is -2.62. The summed E-state index contributed by atoms with van der Waals surface area (Å²) in [7, 11) is 0. The maximum absolute atomic E-state index is 13.1. The van der Waals surface area contributed by atoms with Crippen molar-refractivity contribution in [1.82, 2.24) is 0 Å². The predicted octanol–water partition coefficient (Wildman–Crippen LogP) is 4.50. The second kappa shape index (κ2) is 8.31. The molecular weight excluding hydrogens is 428 g/mol. The van der Waals surface area contributed by atoms with Gasteiger partial charge in [0.15, 0.2) is 0 Å². The molecule has 0 aromatic rings. The predicted molar refractivity (Wildman–Crippen MR) is 131 cm³/mol. The molecule has 34 heavy (non-hydrogen) atoms. The third-order valence-corrected chi connectivity index (χ3v) is 12.0. The maximum Gasteiger partial charge on any atom is 0.310 e. The Labute approximate surface area is 205 Å². The lowest BCUT2D eigenvalue weighted by atomic mass is 9.45. The van der Waals surface area contributed by atoms with Gasteiger partial charge in [0, 0.05) is 11.8 Å². The normalized spacial score (nSPS) is 51.7. The average molecular weight is 475 g/mol. The van der Waals surface area contributed by atoms with Crippen LogP contribution in [0.2, 0.25) is 0 Å². The maximum atomic E-state index is 13.1. The number of carboxylic acids is 1. The minimum atomic E-state index is -0.866. The molecule has 0 radical (unpaired) electrons. The quantitative estimate of drug-likeness (QED) is 0.440. The van der Waals surface area contributed by atoms with Crippen LogP contribution in [-0.2, 0) is 4.79 Å². The fourth-order valence-electron chi connectivity index (χ4n) is 9.88. The molecular formula is C29H46O5. The highest BCUT2D eigenvalue weighted by Crippen LogP contribution is 2.69. The number of rotatable bonds is 5. The third kappa shape index (κ3) is 3.32. The third-order valence-electron chi connectivity index (χ3n) is 12.0. The summed E-state index contributed by atoms with van der Waals surface area (Å²) in [6.07, 6.45) is 5.18. The van der Waals surface area contributed by atoms with Gasteiger partial charge in [0.25, 0.3) is 0 Å². The van der Waals surface area contributed by atoms with Crippen molar-refractivity contribution in [3.8, 4) is 0 Å². The second-order valence-electron chi connectivity index (χ2n) is 13.5. The standard InChI is InChI=1S/C29H46O5/c1-14(2)15(3)20-12-21(20)16(4)22-8-9-23-19-7-6-17-10-18(30)11-25(32)28(17,5)26(19)24(31)13-29(22,23)27(33)34/h6,14-16,18-26,30-32H,7-13H2,1-5H3,(H,33,34). The first-order valence-corrected chi connectivity index (χ1v) is 13.9. The molecule has 5 heteroatoms. The molecule has 0 aromatic heterocycles. The lowest BCUT2D eigenvalue weighted by molar-refractivity contribution is -0.188. The molecule has 0 amide bonds. The SMILES string of the molecule is CC(C)C(C)C1CC1C(C)C1CCC2C3CC=C4CC(O)CC(O)C4(C)C3C(O)CC12C(=O)O. The van der Waals surface area contributed by atoms with E-state index in [1.807, 2.05) is 0 Å². The zero-order valence-corrected chi connectivity index (χ0v) is 21.7. The Morgan fingerprint density at radius 3 is 2.41 bits per heavy atom. The van der Waals surface area contributed by atoms with E-state index in [-0.39, 0.29) is 23.7 Å². The smallest absolute Gasteiger partial charge is 0.310 e. The first-order valence-electron chi connectivity index (χ1n) is 13.9. The monoisotopic (exact) mass is 474 g/mol. The van der Waals surface area contributed by atoms with Crippen LogP contribution < -0.4 is 0 Å². The van der Waals surface area contributed by atoms with Gasteiger partial charge in [0.1, 0.15) is 0 Å². The highest BCUT2D eigenvalue weighted by Gasteiger charge is 2.69. The summed E-state index contributed by atoms with van der Waals surface area (Å²) in [4.78, 5) is 13.1. The lowest BCUT2D eigenvalue weighted by Gasteiger charge is -2.60. The van der Waals surface area contributed by atoms with Crippen LogP contribution in [0.4, 0.5) is 0 Å². The van der Waals surface area contributed by atoms with Crippen LogP contribution in [0.15, 0.2) is 11.6 Å². The van der Waals surface area contributed by atoms with E-state index in [2.05, 4.69) is 40.7 Å². The van der Waals surface area contributed by atoms with Gasteiger partial charge < -0.3 is 20.4 Å². The summed E-state index contributed by atoms with van der Waals surface area (Å²) in [6, 6.07) is 0. The molecule has 5 nitrogen and oxygen atoms in total. The Kier molecular flexibility index (Phi) is 6.06. The Morgan fingerprint density at radius 2 is 1.76 bits per heavy atom. The van der Waals surface area contributed by atoms with E-state index in [1.54, 1.807) is 0 Å². The van der Waals surface area contributed by atoms with Crippen LogP contribution in [0, 0.1) is 64.1 Å². The number of hydrogen-bond acceptors (Lipinski definition) is 4. The van der Waals surface area contributed by atoms with E-state index < -0.39 is 35.1 Å². The summed E-state index contributed by atoms with van der Waals surface area (Å²) in [5, 5.41) is 43.8. The van der Waals surface area contributed by atoms with Crippen LogP contribution in [0.1, 0.15) is 79.6 Å². The van der Waals surface area contributed by atoms with Crippen LogP contribution in [0.3, 0.4) is 0 Å². The first-order chi connectivity index (χ1) is 15.9. The van der Waals surface area contributed by atoms with Crippen LogP contribution in [0.5, 0.6) is 0 Å². The van der Waals surface area contributed by atoms with E-state index >= 15 is 0 Å². The highest BCUT2D eigenvalue weighted by molar-refractivity contribution is 5.76. The molecule has 0 spiro atoms. The zero-order valence-electron chi connectivity index (χ0n) is 21.7. The fraction of sp³-hybridized carbons (Fsp3) is 0.897. The van der Waals surface area contributed by atoms with Crippen molar-refractivity contribution in [1.29, 1.82) is 0 Å². The molecule has 5 rings (SSSR count). The van der Waals surface area contributed by atoms with Crippen LogP contribution in [0.25, 0.3) is 0 Å². The van der Waals surface area contributed by atoms with Crippen molar-refractivity contribution in [3.63, 3.8) is 0 Å². The molecule has 5 aliphatic carbocycles. The number of allylic oxidation sites excluding steroid dienone is 1. The van der Waals surface area contributed by atoms with Gasteiger partial charge >= 0.3 is 5.97 Å². The van der Waals surface area contributed by atoms with Gasteiger partial charge in [-0.25, -0.2) is 0 Å². The van der Waals surface area contributed by atoms with E-state index in [9.17, 15) is 25.2 Å². The van der Waals surface area contributed by atoms with Crippen molar-refractivity contribution in [3.05, 3.63) is 11.6 Å². The average Bonchev–Trinajstić information content (AvgIpc) is 3.46. The number of aliphatic hydroxyl groups excluding tert-OH is 3. The van der Waals surface area contributed by atoms with Crippen molar-refractivity contribution in [2.45, 2.75) is 97.9 Å². The van der Waals surface area contributed by atoms with Crippen molar-refractivity contribution in [2.75, 3.05) is 0 Å². The molecule has 5 aliphatic rings. The van der Waals surface area contributed by atoms with E-state index in [0.29, 0.717) is 48.9 Å². The number of carboxylic acid groups (broad SMARTS) is 1. The molecule has 4 fully saturated rings. The minimum absolute atomic E-state index is 0.0410. The molecule has 13 atom stereocenters. The second-order valence-corrected chi connectivity index (χ2v) is 13.5. The van der Waals surface area contributed by atoms with Crippen molar-refractivity contribution in [2.24, 2.45) is 64.1 Å².